The third-order valence-electron chi connectivity index (χ3n) is 5.27. The molecular weight excluding hydrogens is 455 g/mol. The molecule has 1 N–H and O–H groups in total. The van der Waals surface area contributed by atoms with Crippen molar-refractivity contribution in [3.63, 3.8) is 0 Å². The fourth-order valence-electron chi connectivity index (χ4n) is 3.33. The summed E-state index contributed by atoms with van der Waals surface area (Å²) in [7, 11) is 0. The molecule has 36 heavy (non-hydrogen) atoms. The maximum Gasteiger partial charge on any atom is 0.266 e. The molecule has 0 aromatic heterocycles. The van der Waals surface area contributed by atoms with E-state index in [1.807, 2.05) is 36.4 Å². The lowest BCUT2D eigenvalue weighted by Gasteiger charge is -2.09. The molecular formula is C30H23FN2O3. The lowest BCUT2D eigenvalue weighted by atomic mass is 10.1. The maximum atomic E-state index is 13.7. The highest BCUT2D eigenvalue weighted by molar-refractivity contribution is 6.09. The lowest BCUT2D eigenvalue weighted by Crippen LogP contribution is -2.13. The molecule has 0 fully saturated rings. The van der Waals surface area contributed by atoms with Crippen LogP contribution in [-0.4, -0.2) is 5.91 Å². The predicted molar refractivity (Wildman–Crippen MR) is 137 cm³/mol. The molecule has 4 aromatic rings. The van der Waals surface area contributed by atoms with Gasteiger partial charge in [-0.25, -0.2) is 4.39 Å². The molecule has 0 saturated heterocycles. The van der Waals surface area contributed by atoms with Gasteiger partial charge in [0.05, 0.1) is 0 Å². The van der Waals surface area contributed by atoms with Crippen LogP contribution in [-0.2, 0) is 18.0 Å². The third kappa shape index (κ3) is 6.81. The number of anilines is 1. The van der Waals surface area contributed by atoms with Gasteiger partial charge in [0.2, 0.25) is 0 Å². The van der Waals surface area contributed by atoms with Crippen molar-refractivity contribution < 1.29 is 18.7 Å². The summed E-state index contributed by atoms with van der Waals surface area (Å²) in [4.78, 5) is 12.6. The van der Waals surface area contributed by atoms with Crippen molar-refractivity contribution in [3.05, 3.63) is 131 Å². The molecule has 0 saturated carbocycles. The van der Waals surface area contributed by atoms with E-state index in [-0.39, 0.29) is 18.0 Å². The number of carbonyl (C=O) groups is 1. The summed E-state index contributed by atoms with van der Waals surface area (Å²) >= 11 is 0. The largest absolute Gasteiger partial charge is 0.489 e. The Kier molecular flexibility index (Phi) is 8.08. The van der Waals surface area contributed by atoms with Gasteiger partial charge in [0, 0.05) is 11.3 Å². The summed E-state index contributed by atoms with van der Waals surface area (Å²) in [6.07, 6.45) is 1.49. The zero-order chi connectivity index (χ0) is 25.2. The Morgan fingerprint density at radius 1 is 0.806 bits per heavy atom. The van der Waals surface area contributed by atoms with Crippen LogP contribution in [0, 0.1) is 17.1 Å². The van der Waals surface area contributed by atoms with E-state index in [1.54, 1.807) is 66.7 Å². The van der Waals surface area contributed by atoms with E-state index in [2.05, 4.69) is 5.32 Å². The van der Waals surface area contributed by atoms with Crippen LogP contribution in [0.4, 0.5) is 10.1 Å². The van der Waals surface area contributed by atoms with Gasteiger partial charge < -0.3 is 14.8 Å². The number of nitriles is 1. The van der Waals surface area contributed by atoms with E-state index in [1.165, 1.54) is 12.1 Å². The van der Waals surface area contributed by atoms with E-state index in [9.17, 15) is 14.4 Å². The first-order valence-corrected chi connectivity index (χ1v) is 11.3. The van der Waals surface area contributed by atoms with Crippen LogP contribution in [0.5, 0.6) is 11.5 Å². The molecule has 0 aliphatic rings. The average molecular weight is 479 g/mol. The number of nitrogens with zero attached hydrogens (tertiary/aromatic N) is 1. The number of rotatable bonds is 9. The Hall–Kier alpha value is -4.89. The average Bonchev–Trinajstić information content (AvgIpc) is 2.92. The fourth-order valence-corrected chi connectivity index (χ4v) is 3.33. The summed E-state index contributed by atoms with van der Waals surface area (Å²) in [5, 5.41) is 12.2. The predicted octanol–water partition coefficient (Wildman–Crippen LogP) is 6.53. The number of carbonyl (C=O) groups excluding carboxylic acids is 1. The molecule has 0 spiro atoms. The van der Waals surface area contributed by atoms with Crippen LogP contribution in [0.1, 0.15) is 16.7 Å². The van der Waals surface area contributed by atoms with Gasteiger partial charge in [-0.15, -0.1) is 0 Å². The summed E-state index contributed by atoms with van der Waals surface area (Å²) in [5.41, 5.74) is 2.68. The highest BCUT2D eigenvalue weighted by atomic mass is 19.1. The zero-order valence-corrected chi connectivity index (χ0v) is 19.4. The number of nitrogens with one attached hydrogen (secondary N) is 1. The van der Waals surface area contributed by atoms with E-state index in [0.29, 0.717) is 34.9 Å². The number of hydrogen-bond donors (Lipinski definition) is 1. The minimum Gasteiger partial charge on any atom is -0.489 e. The first-order chi connectivity index (χ1) is 17.6. The normalized spacial score (nSPS) is 10.8. The quantitative estimate of drug-likeness (QED) is 0.219. The third-order valence-corrected chi connectivity index (χ3v) is 5.27. The van der Waals surface area contributed by atoms with Gasteiger partial charge in [-0.05, 0) is 59.7 Å². The zero-order valence-electron chi connectivity index (χ0n) is 19.4. The Balaban J connectivity index is 1.32. The van der Waals surface area contributed by atoms with E-state index in [0.717, 1.165) is 5.56 Å². The number of hydrogen-bond acceptors (Lipinski definition) is 4. The highest BCUT2D eigenvalue weighted by Gasteiger charge is 2.10. The summed E-state index contributed by atoms with van der Waals surface area (Å²) in [5.74, 6) is 0.379. The standard InChI is InChI=1S/C30H23FN2O3/c31-29-9-5-4-8-24(29)21-36-27-14-10-22(11-15-27)18-25(19-32)30(34)33-26-12-16-28(17-13-26)35-20-23-6-2-1-3-7-23/h1-18H,20-21H2,(H,33,34)/b25-18+. The van der Waals surface area contributed by atoms with Gasteiger partial charge in [-0.3, -0.25) is 4.79 Å². The minimum absolute atomic E-state index is 0.0422. The fraction of sp³-hybridized carbons (Fsp3) is 0.0667. The van der Waals surface area contributed by atoms with Gasteiger partial charge in [0.1, 0.15) is 42.2 Å². The van der Waals surface area contributed by atoms with E-state index >= 15 is 0 Å². The van der Waals surface area contributed by atoms with E-state index in [4.69, 9.17) is 9.47 Å². The first kappa shape index (κ1) is 24.2. The molecule has 0 heterocycles. The van der Waals surface area contributed by atoms with Crippen LogP contribution in [0.2, 0.25) is 0 Å². The molecule has 178 valence electrons. The van der Waals surface area contributed by atoms with Crippen LogP contribution in [0.15, 0.2) is 109 Å². The highest BCUT2D eigenvalue weighted by Crippen LogP contribution is 2.20. The number of ether oxygens (including phenoxy) is 2. The number of halogens is 1. The maximum absolute atomic E-state index is 13.7. The molecule has 6 heteroatoms. The summed E-state index contributed by atoms with van der Waals surface area (Å²) in [6, 6.07) is 32.0. The minimum atomic E-state index is -0.518. The molecule has 0 aliphatic heterocycles. The molecule has 4 aromatic carbocycles. The molecule has 0 radical (unpaired) electrons. The van der Waals surface area contributed by atoms with Crippen LogP contribution in [0.25, 0.3) is 6.08 Å². The van der Waals surface area contributed by atoms with Crippen molar-refractivity contribution in [1.82, 2.24) is 0 Å². The molecule has 0 aliphatic carbocycles. The van der Waals surface area contributed by atoms with Crippen molar-refractivity contribution in [2.45, 2.75) is 13.2 Å². The first-order valence-electron chi connectivity index (χ1n) is 11.3. The monoisotopic (exact) mass is 478 g/mol. The second kappa shape index (κ2) is 12.0. The second-order valence-electron chi connectivity index (χ2n) is 7.87. The number of benzene rings is 4. The summed E-state index contributed by atoms with van der Waals surface area (Å²) in [6.45, 7) is 0.546. The Bertz CT molecular complexity index is 1380. The molecule has 0 unspecified atom stereocenters. The van der Waals surface area contributed by atoms with Crippen LogP contribution >= 0.6 is 0 Å². The van der Waals surface area contributed by atoms with E-state index < -0.39 is 5.91 Å². The second-order valence-corrected chi connectivity index (χ2v) is 7.87. The Morgan fingerprint density at radius 3 is 2.08 bits per heavy atom. The van der Waals surface area contributed by atoms with Gasteiger partial charge >= 0.3 is 0 Å². The Labute approximate surface area is 209 Å². The van der Waals surface area contributed by atoms with Crippen molar-refractivity contribution >= 4 is 17.7 Å². The van der Waals surface area contributed by atoms with Crippen molar-refractivity contribution in [1.29, 1.82) is 5.26 Å². The van der Waals surface area contributed by atoms with Gasteiger partial charge in [0.25, 0.3) is 5.91 Å². The van der Waals surface area contributed by atoms with Crippen LogP contribution in [0.3, 0.4) is 0 Å². The molecule has 0 atom stereocenters. The van der Waals surface area contributed by atoms with Crippen molar-refractivity contribution in [2.24, 2.45) is 0 Å². The van der Waals surface area contributed by atoms with Gasteiger partial charge in [0.15, 0.2) is 0 Å². The van der Waals surface area contributed by atoms with Gasteiger partial charge in [-0.1, -0.05) is 60.7 Å². The Morgan fingerprint density at radius 2 is 1.42 bits per heavy atom. The van der Waals surface area contributed by atoms with Crippen molar-refractivity contribution in [3.8, 4) is 17.6 Å². The lowest BCUT2D eigenvalue weighted by molar-refractivity contribution is -0.112. The van der Waals surface area contributed by atoms with Crippen LogP contribution < -0.4 is 14.8 Å². The smallest absolute Gasteiger partial charge is 0.266 e. The molecule has 0 bridgehead atoms. The van der Waals surface area contributed by atoms with Crippen molar-refractivity contribution in [2.75, 3.05) is 5.32 Å². The molecule has 4 rings (SSSR count). The molecule has 1 amide bonds. The van der Waals surface area contributed by atoms with Gasteiger partial charge in [-0.2, -0.15) is 5.26 Å². The number of amides is 1. The molecule has 5 nitrogen and oxygen atoms in total. The SMILES string of the molecule is N#C/C(=C\c1ccc(OCc2ccccc2F)cc1)C(=O)Nc1ccc(OCc2ccccc2)cc1. The topological polar surface area (TPSA) is 71.3 Å². The summed E-state index contributed by atoms with van der Waals surface area (Å²) < 4.78 is 25.1.